The number of benzene rings is 3. The maximum atomic E-state index is 15.3. The summed E-state index contributed by atoms with van der Waals surface area (Å²) < 4.78 is 65.3. The standard InChI is InChI=1S/C32H27ClF2N4O6S/c33-23-6-8-25(9-7-23)45-29-27(34)16-26(17-28(29)35)46(42,43)39-24-10-13-32(39,31(41)37-44-19-21-4-2-1-3-5-21)20-38(18-24)30(40)22-11-14-36-15-12-22/h1-9,11-12,14-17,24H,10,13,18-20H2,(H,37,41). The zero-order valence-corrected chi connectivity index (χ0v) is 25.7. The number of pyridine rings is 1. The SMILES string of the molecule is O=C(c1ccncc1)N1CC2CCC(C(=O)NOCc3ccccc3)(C1)N2S(=O)(=O)c1cc(F)c(Oc2ccc(Cl)cc2)c(F)c1. The average molecular weight is 669 g/mol. The minimum Gasteiger partial charge on any atom is -0.451 e. The number of sulfonamides is 1. The van der Waals surface area contributed by atoms with Crippen LogP contribution in [-0.2, 0) is 26.3 Å². The van der Waals surface area contributed by atoms with Crippen molar-refractivity contribution in [2.24, 2.45) is 0 Å². The molecule has 0 radical (unpaired) electrons. The first-order valence-electron chi connectivity index (χ1n) is 14.2. The summed E-state index contributed by atoms with van der Waals surface area (Å²) in [5.41, 5.74) is 1.58. The number of piperazine rings is 1. The minimum atomic E-state index is -4.72. The van der Waals surface area contributed by atoms with Crippen molar-refractivity contribution in [2.75, 3.05) is 13.1 Å². The van der Waals surface area contributed by atoms with E-state index in [-0.39, 0.29) is 38.3 Å². The summed E-state index contributed by atoms with van der Waals surface area (Å²) >= 11 is 5.86. The highest BCUT2D eigenvalue weighted by Crippen LogP contribution is 2.44. The maximum Gasteiger partial charge on any atom is 0.266 e. The van der Waals surface area contributed by atoms with E-state index >= 15 is 8.78 Å². The Labute approximate surface area is 268 Å². The summed E-state index contributed by atoms with van der Waals surface area (Å²) in [6.07, 6.45) is 3.13. The van der Waals surface area contributed by atoms with Crippen LogP contribution in [0.25, 0.3) is 0 Å². The number of amides is 2. The number of nitrogens with one attached hydrogen (secondary N) is 1. The molecule has 2 fully saturated rings. The number of likely N-dealkylation sites (tertiary alicyclic amines) is 1. The van der Waals surface area contributed by atoms with Crippen molar-refractivity contribution in [1.82, 2.24) is 19.7 Å². The number of nitrogens with zero attached hydrogens (tertiary/aromatic N) is 3. The van der Waals surface area contributed by atoms with Gasteiger partial charge in [-0.2, -0.15) is 4.31 Å². The van der Waals surface area contributed by atoms with Crippen LogP contribution in [0.3, 0.4) is 0 Å². The van der Waals surface area contributed by atoms with Crippen LogP contribution in [0.4, 0.5) is 8.78 Å². The summed E-state index contributed by atoms with van der Waals surface area (Å²) in [5, 5.41) is 0.385. The van der Waals surface area contributed by atoms with Gasteiger partial charge in [0.1, 0.15) is 11.3 Å². The monoisotopic (exact) mass is 668 g/mol. The highest BCUT2D eigenvalue weighted by atomic mass is 35.5. The summed E-state index contributed by atoms with van der Waals surface area (Å²) in [6, 6.07) is 18.2. The second-order valence-corrected chi connectivity index (χ2v) is 13.2. The Morgan fingerprint density at radius 2 is 1.67 bits per heavy atom. The maximum absolute atomic E-state index is 15.3. The van der Waals surface area contributed by atoms with Gasteiger partial charge in [-0.25, -0.2) is 22.7 Å². The molecule has 10 nitrogen and oxygen atoms in total. The van der Waals surface area contributed by atoms with E-state index in [9.17, 15) is 18.0 Å². The Balaban J connectivity index is 1.32. The molecule has 2 aliphatic heterocycles. The molecule has 1 N–H and O–H groups in total. The van der Waals surface area contributed by atoms with Crippen LogP contribution in [0.5, 0.6) is 11.5 Å². The Bertz CT molecular complexity index is 1850. The number of carbonyl (C=O) groups excluding carboxylic acids is 2. The fraction of sp³-hybridized carbons (Fsp3) is 0.219. The Morgan fingerprint density at radius 1 is 1.00 bits per heavy atom. The quantitative estimate of drug-likeness (QED) is 0.247. The molecule has 2 bridgehead atoms. The highest BCUT2D eigenvalue weighted by Gasteiger charge is 2.61. The molecule has 0 saturated carbocycles. The first-order valence-corrected chi connectivity index (χ1v) is 16.0. The van der Waals surface area contributed by atoms with E-state index < -0.39 is 55.7 Å². The van der Waals surface area contributed by atoms with E-state index in [1.165, 1.54) is 53.7 Å². The summed E-state index contributed by atoms with van der Waals surface area (Å²) in [4.78, 5) is 37.4. The molecule has 3 aromatic carbocycles. The van der Waals surface area contributed by atoms with E-state index in [2.05, 4.69) is 10.5 Å². The number of rotatable bonds is 9. The van der Waals surface area contributed by atoms with Crippen LogP contribution in [0.1, 0.15) is 28.8 Å². The Kier molecular flexibility index (Phi) is 8.75. The molecule has 4 aromatic rings. The Morgan fingerprint density at radius 3 is 2.35 bits per heavy atom. The third-order valence-corrected chi connectivity index (χ3v) is 10.2. The Hall–Kier alpha value is -4.43. The minimum absolute atomic E-state index is 0.00992. The topological polar surface area (TPSA) is 118 Å². The number of aromatic nitrogens is 1. The molecular weight excluding hydrogens is 642 g/mol. The van der Waals surface area contributed by atoms with Crippen LogP contribution < -0.4 is 10.2 Å². The van der Waals surface area contributed by atoms with Gasteiger partial charge in [-0.3, -0.25) is 19.4 Å². The lowest BCUT2D eigenvalue weighted by molar-refractivity contribution is -0.146. The third kappa shape index (κ3) is 6.06. The first kappa shape index (κ1) is 31.5. The molecule has 14 heteroatoms. The molecule has 2 saturated heterocycles. The van der Waals surface area contributed by atoms with Gasteiger partial charge in [-0.05, 0) is 66.9 Å². The molecule has 238 valence electrons. The number of fused-ring (bicyclic) bond motifs is 2. The van der Waals surface area contributed by atoms with Gasteiger partial charge in [0.15, 0.2) is 17.4 Å². The molecule has 2 atom stereocenters. The molecule has 3 heterocycles. The molecule has 1 aromatic heterocycles. The predicted molar refractivity (Wildman–Crippen MR) is 162 cm³/mol. The second-order valence-electron chi connectivity index (χ2n) is 10.9. The van der Waals surface area contributed by atoms with Gasteiger partial charge in [-0.1, -0.05) is 41.9 Å². The summed E-state index contributed by atoms with van der Waals surface area (Å²) in [5.74, 6) is -4.50. The van der Waals surface area contributed by atoms with Crippen LogP contribution >= 0.6 is 11.6 Å². The lowest BCUT2D eigenvalue weighted by Gasteiger charge is -2.46. The van der Waals surface area contributed by atoms with Gasteiger partial charge in [-0.15, -0.1) is 0 Å². The zero-order chi connectivity index (χ0) is 32.5. The molecule has 2 amide bonds. The van der Waals surface area contributed by atoms with Crippen molar-refractivity contribution in [3.05, 3.63) is 119 Å². The van der Waals surface area contributed by atoms with E-state index in [4.69, 9.17) is 21.2 Å². The molecule has 2 unspecified atom stereocenters. The number of halogens is 3. The number of hydrogen-bond donors (Lipinski definition) is 1. The van der Waals surface area contributed by atoms with Gasteiger partial charge in [0.05, 0.1) is 11.5 Å². The second kappa shape index (κ2) is 12.8. The number of ether oxygens (including phenoxy) is 1. The van der Waals surface area contributed by atoms with E-state index in [1.54, 1.807) is 24.3 Å². The van der Waals surface area contributed by atoms with Crippen molar-refractivity contribution in [3.8, 4) is 11.5 Å². The average Bonchev–Trinajstić information content (AvgIpc) is 3.32. The zero-order valence-electron chi connectivity index (χ0n) is 24.1. The van der Waals surface area contributed by atoms with Crippen molar-refractivity contribution in [3.63, 3.8) is 0 Å². The predicted octanol–water partition coefficient (Wildman–Crippen LogP) is 5.10. The largest absolute Gasteiger partial charge is 0.451 e. The fourth-order valence-corrected chi connectivity index (χ4v) is 7.96. The van der Waals surface area contributed by atoms with Crippen molar-refractivity contribution >= 4 is 33.4 Å². The van der Waals surface area contributed by atoms with Gasteiger partial charge in [0.25, 0.3) is 11.8 Å². The fourth-order valence-electron chi connectivity index (χ4n) is 5.85. The smallest absolute Gasteiger partial charge is 0.266 e. The van der Waals surface area contributed by atoms with Crippen LogP contribution in [-0.4, -0.2) is 59.1 Å². The first-order chi connectivity index (χ1) is 22.1. The van der Waals surface area contributed by atoms with Crippen molar-refractivity contribution in [1.29, 1.82) is 0 Å². The number of carbonyl (C=O) groups is 2. The van der Waals surface area contributed by atoms with Crippen LogP contribution in [0, 0.1) is 11.6 Å². The van der Waals surface area contributed by atoms with Gasteiger partial charge in [0, 0.05) is 42.1 Å². The highest BCUT2D eigenvalue weighted by molar-refractivity contribution is 7.89. The van der Waals surface area contributed by atoms with Crippen molar-refractivity contribution < 1.29 is 36.4 Å². The molecule has 0 aliphatic carbocycles. The number of hydroxylamine groups is 1. The van der Waals surface area contributed by atoms with Crippen molar-refractivity contribution in [2.45, 2.75) is 35.9 Å². The number of hydrogen-bond acceptors (Lipinski definition) is 7. The molecular formula is C32H27ClF2N4O6S. The van der Waals surface area contributed by atoms with Gasteiger partial charge < -0.3 is 9.64 Å². The molecule has 0 spiro atoms. The van der Waals surface area contributed by atoms with E-state index in [0.717, 1.165) is 9.87 Å². The lowest BCUT2D eigenvalue weighted by Crippen LogP contribution is -2.69. The molecule has 2 aliphatic rings. The van der Waals surface area contributed by atoms with Gasteiger partial charge in [0.2, 0.25) is 10.0 Å². The third-order valence-electron chi connectivity index (χ3n) is 7.97. The van der Waals surface area contributed by atoms with Crippen LogP contribution in [0.2, 0.25) is 5.02 Å². The van der Waals surface area contributed by atoms with Crippen LogP contribution in [0.15, 0.2) is 96.2 Å². The summed E-state index contributed by atoms with van der Waals surface area (Å²) in [6.45, 7) is -0.389. The van der Waals surface area contributed by atoms with Gasteiger partial charge >= 0.3 is 0 Å². The lowest BCUT2D eigenvalue weighted by atomic mass is 9.95. The molecule has 46 heavy (non-hydrogen) atoms. The summed E-state index contributed by atoms with van der Waals surface area (Å²) in [7, 11) is -4.72. The van der Waals surface area contributed by atoms with E-state index in [0.29, 0.717) is 22.7 Å². The normalized spacial score (nSPS) is 19.5. The molecule has 6 rings (SSSR count). The van der Waals surface area contributed by atoms with E-state index in [1.807, 2.05) is 6.07 Å².